The van der Waals surface area contributed by atoms with Crippen molar-refractivity contribution in [2.75, 3.05) is 39.3 Å². The molecule has 40 heavy (non-hydrogen) atoms. The summed E-state index contributed by atoms with van der Waals surface area (Å²) in [6.45, 7) is 21.6. The second-order valence-electron chi connectivity index (χ2n) is 13.2. The zero-order chi connectivity index (χ0) is 30.0. The normalized spacial score (nSPS) is 14.1. The zero-order valence-electron chi connectivity index (χ0n) is 28.6. The maximum Gasteiger partial charge on any atom is 0.164 e. The van der Waals surface area contributed by atoms with E-state index in [9.17, 15) is 0 Å². The second-order valence-corrected chi connectivity index (χ2v) is 14.2. The fraction of sp³-hybridized carbons (Fsp3) is 1.00. The van der Waals surface area contributed by atoms with Gasteiger partial charge in [0.15, 0.2) is 11.0 Å². The first-order chi connectivity index (χ1) is 19.4. The van der Waals surface area contributed by atoms with Crippen LogP contribution in [0.2, 0.25) is 0 Å². The van der Waals surface area contributed by atoms with Gasteiger partial charge in [-0.15, -0.1) is 0 Å². The maximum absolute atomic E-state index is 7.21. The van der Waals surface area contributed by atoms with E-state index in [0.717, 1.165) is 0 Å². The van der Waals surface area contributed by atoms with Gasteiger partial charge in [-0.25, -0.2) is 0 Å². The first-order valence-corrected chi connectivity index (χ1v) is 19.3. The van der Waals surface area contributed by atoms with Crippen LogP contribution >= 0.6 is 23.2 Å². The average molecular weight is 608 g/mol. The SMILES string of the molecule is CCCC[N+](CCCC)(CCCC)C(Cl)CCCCCCCCCCC(Cl)[N+](CCCC)(CCCC)CCCC. The summed E-state index contributed by atoms with van der Waals surface area (Å²) in [4.78, 5) is 0. The van der Waals surface area contributed by atoms with Crippen LogP contribution in [0.5, 0.6) is 0 Å². The Morgan fingerprint density at radius 2 is 0.525 bits per heavy atom. The fourth-order valence-electron chi connectivity index (χ4n) is 6.58. The van der Waals surface area contributed by atoms with Gasteiger partial charge in [0.25, 0.3) is 0 Å². The van der Waals surface area contributed by atoms with Crippen molar-refractivity contribution in [1.29, 1.82) is 0 Å². The average Bonchev–Trinajstić information content (AvgIpc) is 2.97. The third-order valence-corrected chi connectivity index (χ3v) is 10.8. The molecule has 0 heterocycles. The van der Waals surface area contributed by atoms with Crippen molar-refractivity contribution in [2.45, 2.75) is 194 Å². The lowest BCUT2D eigenvalue weighted by atomic mass is 10.0. The van der Waals surface area contributed by atoms with Gasteiger partial charge in [0.1, 0.15) is 0 Å². The van der Waals surface area contributed by atoms with Gasteiger partial charge in [0.2, 0.25) is 0 Å². The first kappa shape index (κ1) is 40.5. The van der Waals surface area contributed by atoms with Gasteiger partial charge < -0.3 is 8.97 Å². The van der Waals surface area contributed by atoms with Crippen LogP contribution in [-0.4, -0.2) is 59.2 Å². The number of halogens is 2. The van der Waals surface area contributed by atoms with Gasteiger partial charge in [-0.1, -0.05) is 142 Å². The van der Waals surface area contributed by atoms with Crippen LogP contribution in [0.3, 0.4) is 0 Å². The molecule has 0 saturated carbocycles. The zero-order valence-corrected chi connectivity index (χ0v) is 30.1. The fourth-order valence-corrected chi connectivity index (χ4v) is 7.48. The van der Waals surface area contributed by atoms with E-state index in [-0.39, 0.29) is 0 Å². The Morgan fingerprint density at radius 1 is 0.325 bits per heavy atom. The number of hydrogen-bond donors (Lipinski definition) is 0. The highest BCUT2D eigenvalue weighted by Gasteiger charge is 2.34. The van der Waals surface area contributed by atoms with E-state index in [1.54, 1.807) is 0 Å². The van der Waals surface area contributed by atoms with E-state index >= 15 is 0 Å². The molecule has 0 aromatic carbocycles. The Labute approximate surface area is 264 Å². The third-order valence-electron chi connectivity index (χ3n) is 9.57. The molecular formula is C36H76Cl2N2+2. The van der Waals surface area contributed by atoms with E-state index in [1.807, 2.05) is 0 Å². The first-order valence-electron chi connectivity index (χ1n) is 18.4. The summed E-state index contributed by atoms with van der Waals surface area (Å²) in [5.74, 6) is 0. The van der Waals surface area contributed by atoms with Gasteiger partial charge in [0.05, 0.1) is 39.3 Å². The maximum atomic E-state index is 7.21. The summed E-state index contributed by atoms with van der Waals surface area (Å²) in [6, 6.07) is 0. The summed E-state index contributed by atoms with van der Waals surface area (Å²) in [6.07, 6.45) is 28.9. The van der Waals surface area contributed by atoms with Crippen molar-refractivity contribution in [3.05, 3.63) is 0 Å². The van der Waals surface area contributed by atoms with Crippen LogP contribution in [0.15, 0.2) is 0 Å². The number of quaternary nitrogens is 2. The molecule has 0 aromatic rings. The molecule has 0 spiro atoms. The molecule has 0 rings (SSSR count). The van der Waals surface area contributed by atoms with Gasteiger partial charge in [-0.2, -0.15) is 0 Å². The molecule has 0 amide bonds. The minimum absolute atomic E-state index is 0.311. The molecule has 4 heteroatoms. The third kappa shape index (κ3) is 17.6. The number of rotatable bonds is 31. The smallest absolute Gasteiger partial charge is 0.164 e. The predicted molar refractivity (Wildman–Crippen MR) is 185 cm³/mol. The molecule has 0 saturated heterocycles. The van der Waals surface area contributed by atoms with E-state index in [1.165, 1.54) is 189 Å². The Hall–Kier alpha value is 0.500. The van der Waals surface area contributed by atoms with E-state index in [2.05, 4.69) is 41.5 Å². The van der Waals surface area contributed by atoms with E-state index < -0.39 is 0 Å². The Balaban J connectivity index is 4.41. The van der Waals surface area contributed by atoms with Crippen LogP contribution in [0.25, 0.3) is 0 Å². The van der Waals surface area contributed by atoms with Crippen molar-refractivity contribution < 1.29 is 8.97 Å². The molecular weight excluding hydrogens is 531 g/mol. The minimum Gasteiger partial charge on any atom is -0.309 e. The molecule has 0 radical (unpaired) electrons. The number of unbranched alkanes of at least 4 members (excludes halogenated alkanes) is 13. The molecule has 0 aliphatic rings. The van der Waals surface area contributed by atoms with Crippen molar-refractivity contribution in [2.24, 2.45) is 0 Å². The molecule has 0 aliphatic heterocycles. The molecule has 2 nitrogen and oxygen atoms in total. The summed E-state index contributed by atoms with van der Waals surface area (Å²) >= 11 is 14.4. The molecule has 0 fully saturated rings. The van der Waals surface area contributed by atoms with Crippen LogP contribution in [0.1, 0.15) is 183 Å². The largest absolute Gasteiger partial charge is 0.309 e. The standard InChI is InChI=1S/C36H76Cl2N2/c1-7-13-29-39(30-14-8-2,31-15-9-3)35(37)27-25-23-21-19-20-22-24-26-28-36(38)40(32-16-10-4,33-17-11-5)34-18-12-6/h35-36H,7-34H2,1-6H3/q+2. The summed E-state index contributed by atoms with van der Waals surface area (Å²) < 4.78 is 2.35. The molecule has 0 aliphatic carbocycles. The molecule has 0 aromatic heterocycles. The van der Waals surface area contributed by atoms with Crippen molar-refractivity contribution in [3.8, 4) is 0 Å². The molecule has 0 N–H and O–H groups in total. The summed E-state index contributed by atoms with van der Waals surface area (Å²) in [5.41, 5.74) is 0.622. The highest BCUT2D eigenvalue weighted by molar-refractivity contribution is 6.19. The van der Waals surface area contributed by atoms with Crippen LogP contribution in [0.4, 0.5) is 0 Å². The van der Waals surface area contributed by atoms with Crippen LogP contribution < -0.4 is 0 Å². The Morgan fingerprint density at radius 3 is 0.725 bits per heavy atom. The van der Waals surface area contributed by atoms with Crippen LogP contribution in [0, 0.1) is 0 Å². The molecule has 2 atom stereocenters. The highest BCUT2D eigenvalue weighted by Crippen LogP contribution is 2.28. The van der Waals surface area contributed by atoms with Crippen molar-refractivity contribution in [1.82, 2.24) is 0 Å². The van der Waals surface area contributed by atoms with Crippen LogP contribution in [-0.2, 0) is 0 Å². The lowest BCUT2D eigenvalue weighted by molar-refractivity contribution is -0.940. The van der Waals surface area contributed by atoms with Gasteiger partial charge in [-0.3, -0.25) is 0 Å². The van der Waals surface area contributed by atoms with Gasteiger partial charge >= 0.3 is 0 Å². The molecule has 242 valence electrons. The Kier molecular flexibility index (Phi) is 27.4. The number of nitrogens with zero attached hydrogens (tertiary/aromatic N) is 2. The quantitative estimate of drug-likeness (QED) is 0.0318. The lowest BCUT2D eigenvalue weighted by Crippen LogP contribution is -2.55. The predicted octanol–water partition coefficient (Wildman–Crippen LogP) is 12.5. The van der Waals surface area contributed by atoms with Crippen molar-refractivity contribution in [3.63, 3.8) is 0 Å². The summed E-state index contributed by atoms with van der Waals surface area (Å²) in [7, 11) is 0. The van der Waals surface area contributed by atoms with Gasteiger partial charge in [0, 0.05) is 12.8 Å². The molecule has 0 bridgehead atoms. The van der Waals surface area contributed by atoms with E-state index in [0.29, 0.717) is 11.0 Å². The van der Waals surface area contributed by atoms with E-state index in [4.69, 9.17) is 23.2 Å². The minimum atomic E-state index is 0.311. The number of alkyl halides is 2. The summed E-state index contributed by atoms with van der Waals surface area (Å²) in [5, 5.41) is 0. The monoisotopic (exact) mass is 607 g/mol. The topological polar surface area (TPSA) is 0 Å². The second kappa shape index (κ2) is 27.1. The van der Waals surface area contributed by atoms with Gasteiger partial charge in [-0.05, 0) is 51.4 Å². The number of hydrogen-bond acceptors (Lipinski definition) is 0. The lowest BCUT2D eigenvalue weighted by Gasteiger charge is -2.43. The molecule has 2 unspecified atom stereocenters. The Bertz CT molecular complexity index is 437. The van der Waals surface area contributed by atoms with Crippen molar-refractivity contribution >= 4 is 23.2 Å². The highest BCUT2D eigenvalue weighted by atomic mass is 35.5.